The van der Waals surface area contributed by atoms with Crippen LogP contribution in [0.3, 0.4) is 0 Å². The second-order valence-electron chi connectivity index (χ2n) is 28.1. The van der Waals surface area contributed by atoms with E-state index in [9.17, 15) is 58.2 Å². The molecule has 103 heavy (non-hydrogen) atoms. The van der Waals surface area contributed by atoms with E-state index in [1.807, 2.05) is 13.8 Å². The fourth-order valence-corrected chi connectivity index (χ4v) is 13.0. The van der Waals surface area contributed by atoms with Gasteiger partial charge in [0.1, 0.15) is 84.0 Å². The van der Waals surface area contributed by atoms with Crippen LogP contribution in [0.15, 0.2) is 109 Å². The predicted molar refractivity (Wildman–Crippen MR) is 384 cm³/mol. The average molecular weight is 1430 g/mol. The molecule has 0 aliphatic carbocycles. The highest BCUT2D eigenvalue weighted by Gasteiger charge is 2.44. The SMILES string of the molecule is CC(C)C[C@@H]1NC(=O)[C@H](CCCN)NC(=O)[C@H](C(C)C)NC(=O)[C@@H](Cc2ccc(O)cc2)NC(=O)[C@@H]2CCCN2C(=O)[C@@H](Cc2ccccc2)NC(=O)[C@H](C)NC(=O)[C@H](CCCN)NC(=O)[C@H](C(C)C)NC(=O)[C@@H](Cc2ccc(O)cc2)NC(=O)[C@@H]2CCCN2C(=O)[C@@H](Cc2ccccc2)NC1=O. The monoisotopic (exact) mass is 1420 g/mol. The van der Waals surface area contributed by atoms with Gasteiger partial charge >= 0.3 is 0 Å². The molecule has 0 aromatic heterocycles. The van der Waals surface area contributed by atoms with Crippen molar-refractivity contribution in [3.05, 3.63) is 131 Å². The molecule has 0 spiro atoms. The van der Waals surface area contributed by atoms with Gasteiger partial charge in [-0.3, -0.25) is 57.5 Å². The summed E-state index contributed by atoms with van der Waals surface area (Å²) in [5.41, 5.74) is 14.2. The Morgan fingerprint density at radius 1 is 0.379 bits per heavy atom. The van der Waals surface area contributed by atoms with Crippen molar-refractivity contribution in [2.75, 3.05) is 26.2 Å². The van der Waals surface area contributed by atoms with Crippen LogP contribution < -0.4 is 64.6 Å². The highest BCUT2D eigenvalue weighted by atomic mass is 16.3. The van der Waals surface area contributed by atoms with Crippen LogP contribution in [0.25, 0.3) is 0 Å². The highest BCUT2D eigenvalue weighted by Crippen LogP contribution is 2.24. The van der Waals surface area contributed by atoms with E-state index in [-0.39, 0.29) is 114 Å². The lowest BCUT2D eigenvalue weighted by Gasteiger charge is -2.32. The van der Waals surface area contributed by atoms with Gasteiger partial charge in [0.05, 0.1) is 0 Å². The van der Waals surface area contributed by atoms with Crippen LogP contribution in [0.4, 0.5) is 0 Å². The molecule has 12 atom stereocenters. The van der Waals surface area contributed by atoms with E-state index in [2.05, 4.69) is 53.2 Å². The molecule has 28 heteroatoms. The molecular formula is C75H104N14O14. The number of carbonyl (C=O) groups is 12. The molecule has 0 bridgehead atoms. The minimum Gasteiger partial charge on any atom is -0.508 e. The minimum atomic E-state index is -1.41. The van der Waals surface area contributed by atoms with Crippen molar-refractivity contribution in [1.29, 1.82) is 0 Å². The Balaban J connectivity index is 1.28. The second-order valence-corrected chi connectivity index (χ2v) is 28.1. The van der Waals surface area contributed by atoms with Gasteiger partial charge in [-0.15, -0.1) is 0 Å². The average Bonchev–Trinajstić information content (AvgIpc) is 1.75. The lowest BCUT2D eigenvalue weighted by molar-refractivity contribution is -0.142. The van der Waals surface area contributed by atoms with Gasteiger partial charge in [-0.25, -0.2) is 0 Å². The maximum Gasteiger partial charge on any atom is 0.246 e. The summed E-state index contributed by atoms with van der Waals surface area (Å²) in [6, 6.07) is 13.6. The number of nitrogens with zero attached hydrogens (tertiary/aromatic N) is 2. The molecule has 16 N–H and O–H groups in total. The number of amides is 12. The number of aromatic hydroxyl groups is 2. The van der Waals surface area contributed by atoms with E-state index < -0.39 is 155 Å². The van der Waals surface area contributed by atoms with E-state index in [1.54, 1.807) is 113 Å². The fraction of sp³-hybridized carbons (Fsp3) is 0.520. The van der Waals surface area contributed by atoms with Crippen LogP contribution in [0.2, 0.25) is 0 Å². The molecule has 3 saturated heterocycles. The molecule has 0 saturated carbocycles. The summed E-state index contributed by atoms with van der Waals surface area (Å²) in [7, 11) is 0. The fourth-order valence-electron chi connectivity index (χ4n) is 13.0. The Hall–Kier alpha value is -9.96. The quantitative estimate of drug-likeness (QED) is 0.0662. The largest absolute Gasteiger partial charge is 0.508 e. The van der Waals surface area contributed by atoms with Gasteiger partial charge in [-0.05, 0) is 142 Å². The van der Waals surface area contributed by atoms with Crippen LogP contribution in [-0.2, 0) is 83.2 Å². The Bertz CT molecular complexity index is 3520. The van der Waals surface area contributed by atoms with Gasteiger partial charge in [0.25, 0.3) is 0 Å². The maximum atomic E-state index is 15.2. The molecule has 558 valence electrons. The first-order valence-electron chi connectivity index (χ1n) is 35.8. The molecule has 12 amide bonds. The summed E-state index contributed by atoms with van der Waals surface area (Å²) < 4.78 is 0. The van der Waals surface area contributed by atoms with Crippen LogP contribution in [0.1, 0.15) is 129 Å². The molecule has 0 unspecified atom stereocenters. The Morgan fingerprint density at radius 2 is 0.699 bits per heavy atom. The highest BCUT2D eigenvalue weighted by molar-refractivity contribution is 6.01. The van der Waals surface area contributed by atoms with Crippen molar-refractivity contribution >= 4 is 70.9 Å². The number of fused-ring (bicyclic) bond motifs is 2. The first-order chi connectivity index (χ1) is 49.1. The third-order valence-corrected chi connectivity index (χ3v) is 18.7. The van der Waals surface area contributed by atoms with Crippen LogP contribution in [-0.4, -0.2) is 190 Å². The number of nitrogens with two attached hydrogens (primary N) is 2. The van der Waals surface area contributed by atoms with Gasteiger partial charge in [-0.1, -0.05) is 126 Å². The zero-order valence-electron chi connectivity index (χ0n) is 59.9. The Labute approximate surface area is 601 Å². The van der Waals surface area contributed by atoms with Crippen molar-refractivity contribution in [1.82, 2.24) is 63.0 Å². The number of carbonyl (C=O) groups excluding carboxylic acids is 12. The molecule has 3 fully saturated rings. The Kier molecular flexibility index (Phi) is 30.3. The normalized spacial score (nSPS) is 25.5. The van der Waals surface area contributed by atoms with Gasteiger partial charge < -0.3 is 84.6 Å². The van der Waals surface area contributed by atoms with E-state index in [0.29, 0.717) is 35.1 Å². The van der Waals surface area contributed by atoms with Crippen molar-refractivity contribution in [3.63, 3.8) is 0 Å². The first kappa shape index (κ1) is 80.4. The molecule has 3 heterocycles. The standard InChI is InChI=1S/C75H104N14O14/c1-43(2)38-55-67(95)85-59(42-48-20-12-9-13-21-48)75(103)89-37-17-25-61(89)71(99)83-56(39-49-26-30-51(90)31-27-49)68(96)86-62(44(3)4)72(100)79-53(22-14-34-76)65(93)78-46(7)64(92)84-58(41-47-18-10-8-11-19-47)74(102)88-36-16-24-60(88)70(98)82-57(40-50-28-32-52(91)33-29-50)69(97)87-63(45(5)6)73(101)80-54(23-15-35-77)66(94)81-55/h8-13,18-21,26-33,43-46,53-63,90-91H,14-17,22-25,34-42,76-77H2,1-7H3,(H,78,93)(H,79,100)(H,80,101)(H,81,94)(H,82,98)(H,83,99)(H,84,92)(H,85,95)(H,86,96)(H,87,97)/t46-,53-,54-,55-,56+,57+,58+,59+,60-,61-,62-,63-/m0/s1. The molecule has 0 radical (unpaired) electrons. The summed E-state index contributed by atoms with van der Waals surface area (Å²) in [6.45, 7) is 12.0. The van der Waals surface area contributed by atoms with Crippen molar-refractivity contribution in [2.45, 2.75) is 204 Å². The lowest BCUT2D eigenvalue weighted by atomic mass is 9.99. The van der Waals surface area contributed by atoms with Crippen molar-refractivity contribution < 1.29 is 67.7 Å². The smallest absolute Gasteiger partial charge is 0.246 e. The van der Waals surface area contributed by atoms with E-state index in [4.69, 9.17) is 11.5 Å². The number of phenols is 2. The lowest BCUT2D eigenvalue weighted by Crippen LogP contribution is -2.62. The Morgan fingerprint density at radius 3 is 1.08 bits per heavy atom. The molecule has 4 aromatic carbocycles. The van der Waals surface area contributed by atoms with Crippen LogP contribution >= 0.6 is 0 Å². The van der Waals surface area contributed by atoms with Crippen LogP contribution in [0, 0.1) is 17.8 Å². The number of hydrogen-bond donors (Lipinski definition) is 14. The number of nitrogens with one attached hydrogen (secondary N) is 10. The molecular weight excluding hydrogens is 1320 g/mol. The van der Waals surface area contributed by atoms with Gasteiger partial charge in [-0.2, -0.15) is 0 Å². The number of hydrogen-bond acceptors (Lipinski definition) is 16. The van der Waals surface area contributed by atoms with Gasteiger partial charge in [0, 0.05) is 38.8 Å². The molecule has 4 aromatic rings. The number of phenolic OH excluding ortho intramolecular Hbond substituents is 2. The topological polar surface area (TPSA) is 424 Å². The summed E-state index contributed by atoms with van der Waals surface area (Å²) in [4.78, 5) is 180. The van der Waals surface area contributed by atoms with E-state index in [0.717, 1.165) is 0 Å². The molecule has 3 aliphatic heterocycles. The summed E-state index contributed by atoms with van der Waals surface area (Å²) in [6.07, 6.45) is 1.00. The van der Waals surface area contributed by atoms with Gasteiger partial charge in [0.2, 0.25) is 70.9 Å². The molecule has 7 rings (SSSR count). The molecule has 3 aliphatic rings. The third kappa shape index (κ3) is 23.5. The zero-order chi connectivity index (χ0) is 75.0. The maximum absolute atomic E-state index is 15.2. The van der Waals surface area contributed by atoms with Crippen molar-refractivity contribution in [2.24, 2.45) is 29.2 Å². The first-order valence-corrected chi connectivity index (χ1v) is 35.8. The number of benzene rings is 4. The van der Waals surface area contributed by atoms with E-state index >= 15 is 9.59 Å². The number of rotatable bonds is 18. The predicted octanol–water partition coefficient (Wildman–Crippen LogP) is 1.07. The summed E-state index contributed by atoms with van der Waals surface area (Å²) >= 11 is 0. The van der Waals surface area contributed by atoms with Crippen molar-refractivity contribution in [3.8, 4) is 11.5 Å². The molecule has 28 nitrogen and oxygen atoms in total. The third-order valence-electron chi connectivity index (χ3n) is 18.7. The van der Waals surface area contributed by atoms with Gasteiger partial charge in [0.15, 0.2) is 0 Å². The van der Waals surface area contributed by atoms with Crippen LogP contribution in [0.5, 0.6) is 11.5 Å². The summed E-state index contributed by atoms with van der Waals surface area (Å²) in [5, 5.41) is 48.4. The zero-order valence-corrected chi connectivity index (χ0v) is 59.9. The summed E-state index contributed by atoms with van der Waals surface area (Å²) in [5.74, 6) is -10.8. The second kappa shape index (κ2) is 38.9. The van der Waals surface area contributed by atoms with E-state index in [1.165, 1.54) is 41.0 Å². The minimum absolute atomic E-state index is 0.0147.